The zero-order valence-electron chi connectivity index (χ0n) is 8.14. The molecule has 1 atom stereocenters. The minimum atomic E-state index is -3.57. The van der Waals surface area contributed by atoms with Gasteiger partial charge in [-0.3, -0.25) is 0 Å². The van der Waals surface area contributed by atoms with Crippen LogP contribution in [0, 0.1) is 5.82 Å². The Morgan fingerprint density at radius 3 is 2.53 bits per heavy atom. The summed E-state index contributed by atoms with van der Waals surface area (Å²) in [5, 5.41) is 9.31. The molecule has 0 saturated heterocycles. The highest BCUT2D eigenvalue weighted by Gasteiger charge is 2.15. The van der Waals surface area contributed by atoms with E-state index in [1.165, 1.54) is 6.07 Å². The summed E-state index contributed by atoms with van der Waals surface area (Å²) in [6, 6.07) is 3.45. The van der Waals surface area contributed by atoms with Gasteiger partial charge in [-0.1, -0.05) is 6.07 Å². The van der Waals surface area contributed by atoms with Crippen LogP contribution in [0.4, 0.5) is 4.39 Å². The van der Waals surface area contributed by atoms with E-state index >= 15 is 0 Å². The maximum Gasteiger partial charge on any atom is 0.178 e. The SMILES string of the molecule is CS(=O)(=O)c1ccc(C(O)CN)cc1F. The van der Waals surface area contributed by atoms with Crippen molar-refractivity contribution in [3.63, 3.8) is 0 Å². The predicted molar refractivity (Wildman–Crippen MR) is 53.5 cm³/mol. The summed E-state index contributed by atoms with van der Waals surface area (Å²) in [7, 11) is -3.57. The third-order valence-corrected chi connectivity index (χ3v) is 3.09. The number of rotatable bonds is 3. The second kappa shape index (κ2) is 4.26. The molecule has 0 aliphatic heterocycles. The van der Waals surface area contributed by atoms with Gasteiger partial charge in [-0.25, -0.2) is 12.8 Å². The molecule has 84 valence electrons. The summed E-state index contributed by atoms with van der Waals surface area (Å²) >= 11 is 0. The van der Waals surface area contributed by atoms with E-state index in [1.54, 1.807) is 0 Å². The minimum absolute atomic E-state index is 0.0440. The van der Waals surface area contributed by atoms with Gasteiger partial charge in [0.1, 0.15) is 10.7 Å². The fraction of sp³-hybridized carbons (Fsp3) is 0.333. The first kappa shape index (κ1) is 12.1. The number of aliphatic hydroxyl groups is 1. The molecule has 0 fully saturated rings. The number of hydrogen-bond donors (Lipinski definition) is 2. The molecule has 1 aromatic rings. The van der Waals surface area contributed by atoms with Crippen LogP contribution < -0.4 is 5.73 Å². The molecular weight excluding hydrogens is 221 g/mol. The van der Waals surface area contributed by atoms with Gasteiger partial charge in [0.2, 0.25) is 0 Å². The van der Waals surface area contributed by atoms with Crippen LogP contribution in [0.1, 0.15) is 11.7 Å². The lowest BCUT2D eigenvalue weighted by molar-refractivity contribution is 0.186. The Morgan fingerprint density at radius 1 is 1.53 bits per heavy atom. The fourth-order valence-electron chi connectivity index (χ4n) is 1.16. The Bertz CT molecular complexity index is 458. The summed E-state index contributed by atoms with van der Waals surface area (Å²) in [5.74, 6) is -0.873. The molecule has 0 amide bonds. The van der Waals surface area contributed by atoms with E-state index in [9.17, 15) is 17.9 Å². The molecule has 0 bridgehead atoms. The third-order valence-electron chi connectivity index (χ3n) is 1.96. The van der Waals surface area contributed by atoms with Crippen LogP contribution in [0.2, 0.25) is 0 Å². The van der Waals surface area contributed by atoms with Gasteiger partial charge in [-0.2, -0.15) is 0 Å². The lowest BCUT2D eigenvalue weighted by Crippen LogP contribution is -2.12. The molecule has 6 heteroatoms. The molecule has 0 radical (unpaired) electrons. The Balaban J connectivity index is 3.21. The first-order valence-corrected chi connectivity index (χ1v) is 6.13. The number of sulfone groups is 1. The van der Waals surface area contributed by atoms with Crippen molar-refractivity contribution in [2.24, 2.45) is 5.73 Å². The third kappa shape index (κ3) is 2.74. The molecule has 4 nitrogen and oxygen atoms in total. The van der Waals surface area contributed by atoms with E-state index in [-0.39, 0.29) is 17.0 Å². The summed E-state index contributed by atoms with van der Waals surface area (Å²) in [4.78, 5) is -0.379. The summed E-state index contributed by atoms with van der Waals surface area (Å²) in [5.41, 5.74) is 5.45. The van der Waals surface area contributed by atoms with Crippen LogP contribution in [0.5, 0.6) is 0 Å². The zero-order valence-corrected chi connectivity index (χ0v) is 8.96. The van der Waals surface area contributed by atoms with Crippen molar-refractivity contribution in [3.05, 3.63) is 29.6 Å². The number of benzene rings is 1. The number of hydrogen-bond acceptors (Lipinski definition) is 4. The van der Waals surface area contributed by atoms with Gasteiger partial charge >= 0.3 is 0 Å². The second-order valence-corrected chi connectivity index (χ2v) is 5.20. The highest BCUT2D eigenvalue weighted by molar-refractivity contribution is 7.90. The van der Waals surface area contributed by atoms with Crippen LogP contribution in [0.25, 0.3) is 0 Å². The fourth-order valence-corrected chi connectivity index (χ4v) is 1.89. The van der Waals surface area contributed by atoms with Gasteiger partial charge in [0.25, 0.3) is 0 Å². The average Bonchev–Trinajstić information content (AvgIpc) is 2.14. The molecule has 0 aliphatic rings. The van der Waals surface area contributed by atoms with Crippen LogP contribution >= 0.6 is 0 Å². The molecule has 0 spiro atoms. The predicted octanol–water partition coefficient (Wildman–Crippen LogP) is 0.221. The summed E-state index contributed by atoms with van der Waals surface area (Å²) in [6.07, 6.45) is -0.0575. The molecule has 15 heavy (non-hydrogen) atoms. The lowest BCUT2D eigenvalue weighted by Gasteiger charge is -2.09. The number of nitrogens with two attached hydrogens (primary N) is 1. The molecule has 1 unspecified atom stereocenters. The second-order valence-electron chi connectivity index (χ2n) is 3.21. The molecule has 0 heterocycles. The maximum atomic E-state index is 13.3. The smallest absolute Gasteiger partial charge is 0.178 e. The quantitative estimate of drug-likeness (QED) is 0.782. The van der Waals surface area contributed by atoms with Crippen molar-refractivity contribution in [3.8, 4) is 0 Å². The highest BCUT2D eigenvalue weighted by Crippen LogP contribution is 2.19. The van der Waals surface area contributed by atoms with E-state index in [2.05, 4.69) is 0 Å². The Kier molecular flexibility index (Phi) is 3.43. The van der Waals surface area contributed by atoms with E-state index in [0.717, 1.165) is 18.4 Å². The average molecular weight is 233 g/mol. The summed E-state index contributed by atoms with van der Waals surface area (Å²) < 4.78 is 35.5. The Morgan fingerprint density at radius 2 is 2.13 bits per heavy atom. The van der Waals surface area contributed by atoms with Crippen molar-refractivity contribution in [2.75, 3.05) is 12.8 Å². The molecule has 1 aromatic carbocycles. The molecule has 3 N–H and O–H groups in total. The number of aliphatic hydroxyl groups excluding tert-OH is 1. The molecule has 1 rings (SSSR count). The molecule has 0 saturated carbocycles. The topological polar surface area (TPSA) is 80.4 Å². The van der Waals surface area contributed by atoms with Gasteiger partial charge in [-0.15, -0.1) is 0 Å². The van der Waals surface area contributed by atoms with Gasteiger partial charge in [0.05, 0.1) is 6.10 Å². The normalized spacial score (nSPS) is 13.9. The Hall–Kier alpha value is -0.980. The lowest BCUT2D eigenvalue weighted by atomic mass is 10.1. The van der Waals surface area contributed by atoms with E-state index in [0.29, 0.717) is 0 Å². The van der Waals surface area contributed by atoms with Gasteiger partial charge in [-0.05, 0) is 17.7 Å². The summed E-state index contributed by atoms with van der Waals surface area (Å²) in [6.45, 7) is -0.0440. The standard InChI is InChI=1S/C9H12FNO3S/c1-15(13,14)9-3-2-6(4-7(9)10)8(12)5-11/h2-4,8,12H,5,11H2,1H3. The van der Waals surface area contributed by atoms with Crippen LogP contribution in [-0.2, 0) is 9.84 Å². The maximum absolute atomic E-state index is 13.3. The van der Waals surface area contributed by atoms with Crippen molar-refractivity contribution in [1.29, 1.82) is 0 Å². The molecule has 0 aromatic heterocycles. The van der Waals surface area contributed by atoms with Crippen LogP contribution in [0.15, 0.2) is 23.1 Å². The van der Waals surface area contributed by atoms with Crippen LogP contribution in [-0.4, -0.2) is 26.3 Å². The van der Waals surface area contributed by atoms with E-state index in [1.807, 2.05) is 0 Å². The Labute approximate surface area is 87.5 Å². The van der Waals surface area contributed by atoms with Crippen molar-refractivity contribution in [2.45, 2.75) is 11.0 Å². The van der Waals surface area contributed by atoms with Gasteiger partial charge in [0, 0.05) is 12.8 Å². The van der Waals surface area contributed by atoms with Gasteiger partial charge < -0.3 is 10.8 Å². The number of halogens is 1. The van der Waals surface area contributed by atoms with Crippen molar-refractivity contribution in [1.82, 2.24) is 0 Å². The van der Waals surface area contributed by atoms with E-state index < -0.39 is 21.8 Å². The zero-order chi connectivity index (χ0) is 11.6. The molecule has 0 aliphatic carbocycles. The minimum Gasteiger partial charge on any atom is -0.387 e. The van der Waals surface area contributed by atoms with E-state index in [4.69, 9.17) is 5.73 Å². The highest BCUT2D eigenvalue weighted by atomic mass is 32.2. The first-order valence-electron chi connectivity index (χ1n) is 4.24. The van der Waals surface area contributed by atoms with Gasteiger partial charge in [0.15, 0.2) is 9.84 Å². The molecular formula is C9H12FNO3S. The van der Waals surface area contributed by atoms with Crippen molar-refractivity contribution >= 4 is 9.84 Å². The van der Waals surface area contributed by atoms with Crippen molar-refractivity contribution < 1.29 is 17.9 Å². The van der Waals surface area contributed by atoms with Crippen LogP contribution in [0.3, 0.4) is 0 Å². The monoisotopic (exact) mass is 233 g/mol. The largest absolute Gasteiger partial charge is 0.387 e. The first-order chi connectivity index (χ1) is 6.86.